The summed E-state index contributed by atoms with van der Waals surface area (Å²) in [5.74, 6) is -2.33. The van der Waals surface area contributed by atoms with E-state index in [0.29, 0.717) is 17.9 Å². The summed E-state index contributed by atoms with van der Waals surface area (Å²) in [6.07, 6.45) is 1.10. The highest BCUT2D eigenvalue weighted by Crippen LogP contribution is 2.16. The third-order valence-electron chi connectivity index (χ3n) is 2.90. The third kappa shape index (κ3) is 4.21. The molecule has 0 heterocycles. The highest BCUT2D eigenvalue weighted by Gasteiger charge is 2.15. The Bertz CT molecular complexity index is 671. The van der Waals surface area contributed by atoms with Crippen LogP contribution in [0.5, 0.6) is 5.75 Å². The Hall–Kier alpha value is -3.08. The molecule has 5 nitrogen and oxygen atoms in total. The van der Waals surface area contributed by atoms with Gasteiger partial charge in [0.25, 0.3) is 0 Å². The minimum Gasteiger partial charge on any atom is -0.489 e. The second kappa shape index (κ2) is 7.08. The summed E-state index contributed by atoms with van der Waals surface area (Å²) in [5.41, 5.74) is 0.829. The number of carboxylic acid groups (broad SMARTS) is 2. The van der Waals surface area contributed by atoms with Gasteiger partial charge in [0.05, 0.1) is 0 Å². The molecule has 0 fully saturated rings. The topological polar surface area (TPSA) is 83.8 Å². The lowest BCUT2D eigenvalue weighted by Crippen LogP contribution is -2.10. The number of hydrogen-bond donors (Lipinski definition) is 2. The summed E-state index contributed by atoms with van der Waals surface area (Å²) in [6, 6.07) is 16.2. The number of ether oxygens (including phenoxy) is 1. The molecule has 22 heavy (non-hydrogen) atoms. The van der Waals surface area contributed by atoms with Gasteiger partial charge in [0.2, 0.25) is 0 Å². The molecule has 0 aliphatic carbocycles. The summed E-state index contributed by atoms with van der Waals surface area (Å²) in [4.78, 5) is 21.6. The molecule has 0 bridgehead atoms. The smallest absolute Gasteiger partial charge is 0.343 e. The van der Waals surface area contributed by atoms with Crippen LogP contribution in [0.2, 0.25) is 0 Å². The Balaban J connectivity index is 2.05. The molecule has 0 unspecified atom stereocenters. The highest BCUT2D eigenvalue weighted by molar-refractivity contribution is 6.16. The molecule has 0 aliphatic heterocycles. The Morgan fingerprint density at radius 3 is 2.05 bits per heavy atom. The first-order valence-electron chi connectivity index (χ1n) is 6.51. The fraction of sp³-hybridized carbons (Fsp3) is 0.0588. The van der Waals surface area contributed by atoms with Gasteiger partial charge in [0.1, 0.15) is 17.9 Å². The largest absolute Gasteiger partial charge is 0.489 e. The van der Waals surface area contributed by atoms with Gasteiger partial charge in [0, 0.05) is 0 Å². The first-order valence-corrected chi connectivity index (χ1v) is 6.51. The zero-order valence-corrected chi connectivity index (χ0v) is 11.6. The molecule has 0 saturated heterocycles. The van der Waals surface area contributed by atoms with Crippen molar-refractivity contribution in [1.29, 1.82) is 0 Å². The first-order chi connectivity index (χ1) is 10.6. The molecule has 112 valence electrons. The van der Waals surface area contributed by atoms with E-state index in [0.717, 1.165) is 11.6 Å². The van der Waals surface area contributed by atoms with Crippen LogP contribution in [0.4, 0.5) is 0 Å². The SMILES string of the molecule is O=C(O)C(=Cc1ccc(OCc2ccccc2)cc1)C(=O)O. The van der Waals surface area contributed by atoms with Crippen LogP contribution < -0.4 is 4.74 Å². The van der Waals surface area contributed by atoms with Gasteiger partial charge in [-0.05, 0) is 29.3 Å². The fourth-order valence-corrected chi connectivity index (χ4v) is 1.78. The maximum absolute atomic E-state index is 10.8. The zero-order chi connectivity index (χ0) is 15.9. The molecular formula is C17H14O5. The van der Waals surface area contributed by atoms with Crippen LogP contribution in [0.3, 0.4) is 0 Å². The molecule has 2 aromatic carbocycles. The number of hydrogen-bond acceptors (Lipinski definition) is 3. The average molecular weight is 298 g/mol. The fourth-order valence-electron chi connectivity index (χ4n) is 1.78. The van der Waals surface area contributed by atoms with E-state index in [1.165, 1.54) is 0 Å². The van der Waals surface area contributed by atoms with E-state index in [1.807, 2.05) is 30.3 Å². The van der Waals surface area contributed by atoms with Crippen LogP contribution in [-0.4, -0.2) is 22.2 Å². The molecule has 0 aromatic heterocycles. The molecule has 0 aliphatic rings. The van der Waals surface area contributed by atoms with E-state index in [2.05, 4.69) is 0 Å². The van der Waals surface area contributed by atoms with Crippen LogP contribution in [0, 0.1) is 0 Å². The van der Waals surface area contributed by atoms with E-state index < -0.39 is 17.5 Å². The molecule has 2 N–H and O–H groups in total. The van der Waals surface area contributed by atoms with Crippen LogP contribution in [0.15, 0.2) is 60.2 Å². The molecule has 0 spiro atoms. The Morgan fingerprint density at radius 1 is 0.909 bits per heavy atom. The van der Waals surface area contributed by atoms with Crippen molar-refractivity contribution in [1.82, 2.24) is 0 Å². The lowest BCUT2D eigenvalue weighted by molar-refractivity contribution is -0.140. The van der Waals surface area contributed by atoms with Gasteiger partial charge in [-0.2, -0.15) is 0 Å². The monoisotopic (exact) mass is 298 g/mol. The lowest BCUT2D eigenvalue weighted by atomic mass is 10.1. The molecule has 0 saturated carbocycles. The Morgan fingerprint density at radius 2 is 1.50 bits per heavy atom. The van der Waals surface area contributed by atoms with Gasteiger partial charge in [-0.25, -0.2) is 9.59 Å². The van der Waals surface area contributed by atoms with Crippen molar-refractivity contribution in [3.63, 3.8) is 0 Å². The third-order valence-corrected chi connectivity index (χ3v) is 2.90. The van der Waals surface area contributed by atoms with Crippen LogP contribution in [0.1, 0.15) is 11.1 Å². The van der Waals surface area contributed by atoms with Gasteiger partial charge in [0.15, 0.2) is 0 Å². The Labute approximate surface area is 127 Å². The molecule has 2 aromatic rings. The van der Waals surface area contributed by atoms with Gasteiger partial charge in [-0.15, -0.1) is 0 Å². The van der Waals surface area contributed by atoms with Crippen molar-refractivity contribution in [2.24, 2.45) is 0 Å². The van der Waals surface area contributed by atoms with Crippen molar-refractivity contribution in [3.8, 4) is 5.75 Å². The predicted molar refractivity (Wildman–Crippen MR) is 80.5 cm³/mol. The van der Waals surface area contributed by atoms with Gasteiger partial charge >= 0.3 is 11.9 Å². The first kappa shape index (κ1) is 15.3. The summed E-state index contributed by atoms with van der Waals surface area (Å²) >= 11 is 0. The van der Waals surface area contributed by atoms with Crippen LogP contribution in [-0.2, 0) is 16.2 Å². The van der Waals surface area contributed by atoms with E-state index in [1.54, 1.807) is 24.3 Å². The summed E-state index contributed by atoms with van der Waals surface area (Å²) in [6.45, 7) is 0.422. The number of carbonyl (C=O) groups is 2. The molecule has 0 atom stereocenters. The maximum atomic E-state index is 10.8. The number of aliphatic carboxylic acids is 2. The zero-order valence-electron chi connectivity index (χ0n) is 11.6. The molecule has 2 rings (SSSR count). The number of benzene rings is 2. The average Bonchev–Trinajstić information content (AvgIpc) is 2.52. The molecule has 0 amide bonds. The van der Waals surface area contributed by atoms with Gasteiger partial charge < -0.3 is 14.9 Å². The van der Waals surface area contributed by atoms with Crippen LogP contribution >= 0.6 is 0 Å². The van der Waals surface area contributed by atoms with E-state index in [4.69, 9.17) is 14.9 Å². The second-order valence-corrected chi connectivity index (χ2v) is 4.51. The van der Waals surface area contributed by atoms with Crippen molar-refractivity contribution < 1.29 is 24.5 Å². The normalized spacial score (nSPS) is 9.82. The quantitative estimate of drug-likeness (QED) is 0.486. The summed E-state index contributed by atoms with van der Waals surface area (Å²) in [5, 5.41) is 17.6. The van der Waals surface area contributed by atoms with E-state index >= 15 is 0 Å². The number of rotatable bonds is 6. The molecule has 0 radical (unpaired) electrons. The van der Waals surface area contributed by atoms with Crippen LogP contribution in [0.25, 0.3) is 6.08 Å². The van der Waals surface area contributed by atoms with Crippen molar-refractivity contribution in [2.75, 3.05) is 0 Å². The van der Waals surface area contributed by atoms with Crippen molar-refractivity contribution >= 4 is 18.0 Å². The second-order valence-electron chi connectivity index (χ2n) is 4.51. The molecular weight excluding hydrogens is 284 g/mol. The molecule has 5 heteroatoms. The minimum absolute atomic E-state index is 0.422. The van der Waals surface area contributed by atoms with E-state index in [9.17, 15) is 9.59 Å². The summed E-state index contributed by atoms with van der Waals surface area (Å²) in [7, 11) is 0. The van der Waals surface area contributed by atoms with Gasteiger partial charge in [-0.1, -0.05) is 42.5 Å². The standard InChI is InChI=1S/C17H14O5/c18-16(19)15(17(20)21)10-12-6-8-14(9-7-12)22-11-13-4-2-1-3-5-13/h1-10H,11H2,(H,18,19)(H,20,21). The number of carboxylic acids is 2. The van der Waals surface area contributed by atoms with Gasteiger partial charge in [-0.3, -0.25) is 0 Å². The Kier molecular flexibility index (Phi) is 4.93. The van der Waals surface area contributed by atoms with Crippen molar-refractivity contribution in [3.05, 3.63) is 71.3 Å². The lowest BCUT2D eigenvalue weighted by Gasteiger charge is -2.06. The maximum Gasteiger partial charge on any atom is 0.343 e. The predicted octanol–water partition coefficient (Wildman–Crippen LogP) is 2.82. The summed E-state index contributed by atoms with van der Waals surface area (Å²) < 4.78 is 5.59. The highest BCUT2D eigenvalue weighted by atomic mass is 16.5. The van der Waals surface area contributed by atoms with E-state index in [-0.39, 0.29) is 0 Å². The minimum atomic E-state index is -1.48. The van der Waals surface area contributed by atoms with Crippen molar-refractivity contribution in [2.45, 2.75) is 6.61 Å².